The van der Waals surface area contributed by atoms with Gasteiger partial charge in [0.15, 0.2) is 0 Å². The van der Waals surface area contributed by atoms with Crippen LogP contribution in [0.15, 0.2) is 36.4 Å². The molecule has 0 amide bonds. The van der Waals surface area contributed by atoms with E-state index >= 15 is 0 Å². The Morgan fingerprint density at radius 1 is 1.24 bits per heavy atom. The van der Waals surface area contributed by atoms with Crippen molar-refractivity contribution in [2.45, 2.75) is 25.4 Å². The molecule has 1 aromatic heterocycles. The van der Waals surface area contributed by atoms with Crippen molar-refractivity contribution in [1.82, 2.24) is 9.97 Å². The van der Waals surface area contributed by atoms with E-state index in [4.69, 9.17) is 0 Å². The van der Waals surface area contributed by atoms with Crippen molar-refractivity contribution in [2.75, 3.05) is 5.32 Å². The number of carboxylic acid groups (broad SMARTS) is 1. The number of para-hydroxylation sites is 1. The van der Waals surface area contributed by atoms with E-state index in [9.17, 15) is 36.8 Å². The van der Waals surface area contributed by atoms with Crippen LogP contribution in [0.25, 0.3) is 11.0 Å². The molecule has 2 N–H and O–H groups in total. The third-order valence-corrected chi connectivity index (χ3v) is 5.43. The number of hydrogen-bond donors (Lipinski definition) is 2. The van der Waals surface area contributed by atoms with Crippen LogP contribution in [0.5, 0.6) is 5.88 Å². The fraction of sp³-hybridized carbons (Fsp3) is 0.200. The predicted molar refractivity (Wildman–Crippen MR) is 110 cm³/mol. The Balaban J connectivity index is 2.15. The smallest absolute Gasteiger partial charge is 0.478 e. The second kappa shape index (κ2) is 8.55. The maximum atomic E-state index is 12.8. The number of aromatic nitrogens is 2. The van der Waals surface area contributed by atoms with Crippen molar-refractivity contribution in [2.24, 2.45) is 0 Å². The molecule has 2 aromatic carbocycles. The molecule has 0 radical (unpaired) electrons. The van der Waals surface area contributed by atoms with E-state index in [1.807, 2.05) is 0 Å². The first-order valence-electron chi connectivity index (χ1n) is 9.16. The number of nitrogens with one attached hydrogen (secondary N) is 1. The first-order chi connectivity index (χ1) is 15.3. The topological polar surface area (TPSA) is 142 Å². The lowest BCUT2D eigenvalue weighted by molar-refractivity contribution is -0.0501. The molecule has 172 valence electrons. The minimum Gasteiger partial charge on any atom is -0.478 e. The highest BCUT2D eigenvalue weighted by Gasteiger charge is 2.49. The van der Waals surface area contributed by atoms with Crippen LogP contribution in [0.3, 0.4) is 0 Å². The second-order valence-corrected chi connectivity index (χ2v) is 8.45. The van der Waals surface area contributed by atoms with Crippen molar-refractivity contribution in [1.29, 1.82) is 5.26 Å². The number of nitrogens with zero attached hydrogens (tertiary/aromatic N) is 3. The van der Waals surface area contributed by atoms with E-state index in [1.165, 1.54) is 24.3 Å². The van der Waals surface area contributed by atoms with Crippen LogP contribution in [-0.4, -0.2) is 35.0 Å². The minimum absolute atomic E-state index is 0.0144. The first-order valence-corrected chi connectivity index (χ1v) is 10.6. The Morgan fingerprint density at radius 2 is 1.91 bits per heavy atom. The number of anilines is 1. The molecule has 3 aromatic rings. The normalized spacial score (nSPS) is 12.7. The highest BCUT2D eigenvalue weighted by Crippen LogP contribution is 2.32. The number of carboxylic acids is 1. The number of nitriles is 1. The number of halogens is 3. The molecular weight excluding hydrogens is 465 g/mol. The van der Waals surface area contributed by atoms with Crippen LogP contribution < -0.4 is 9.50 Å². The monoisotopic (exact) mass is 480 g/mol. The molecular formula is C20H15F3N4O5S. The van der Waals surface area contributed by atoms with E-state index < -0.39 is 39.2 Å². The summed E-state index contributed by atoms with van der Waals surface area (Å²) in [6, 6.07) is 10.0. The summed E-state index contributed by atoms with van der Waals surface area (Å²) in [6.45, 7) is 3.34. The maximum Gasteiger partial charge on any atom is 0.534 e. The average molecular weight is 480 g/mol. The van der Waals surface area contributed by atoms with Crippen molar-refractivity contribution in [3.8, 4) is 11.9 Å². The van der Waals surface area contributed by atoms with E-state index in [0.29, 0.717) is 11.1 Å². The highest BCUT2D eigenvalue weighted by molar-refractivity contribution is 7.87. The van der Waals surface area contributed by atoms with Gasteiger partial charge in [-0.3, -0.25) is 0 Å². The summed E-state index contributed by atoms with van der Waals surface area (Å²) in [4.78, 5) is 19.3. The van der Waals surface area contributed by atoms with Gasteiger partial charge in [-0.25, -0.2) is 14.8 Å². The Bertz CT molecular complexity index is 1400. The van der Waals surface area contributed by atoms with Crippen LogP contribution in [0.2, 0.25) is 0 Å². The number of fused-ring (bicyclic) bond motifs is 1. The van der Waals surface area contributed by atoms with Gasteiger partial charge in [0.1, 0.15) is 6.07 Å². The highest BCUT2D eigenvalue weighted by atomic mass is 32.2. The molecule has 0 aliphatic carbocycles. The Labute approximate surface area is 185 Å². The van der Waals surface area contributed by atoms with E-state index in [2.05, 4.69) is 19.5 Å². The number of alkyl halides is 3. The van der Waals surface area contributed by atoms with E-state index in [0.717, 1.165) is 0 Å². The molecule has 1 heterocycles. The Morgan fingerprint density at radius 3 is 2.52 bits per heavy atom. The van der Waals surface area contributed by atoms with Crippen LogP contribution in [-0.2, 0) is 10.1 Å². The molecule has 3 rings (SSSR count). The maximum absolute atomic E-state index is 12.8. The van der Waals surface area contributed by atoms with Crippen molar-refractivity contribution in [3.05, 3.63) is 58.8 Å². The molecule has 9 nitrogen and oxygen atoms in total. The number of aryl methyl sites for hydroxylation is 1. The predicted octanol–water partition coefficient (Wildman–Crippen LogP) is 3.91. The van der Waals surface area contributed by atoms with Crippen LogP contribution in [0.1, 0.15) is 40.1 Å². The van der Waals surface area contributed by atoms with Gasteiger partial charge in [0.25, 0.3) is 5.88 Å². The molecule has 0 saturated heterocycles. The van der Waals surface area contributed by atoms with Crippen molar-refractivity contribution >= 4 is 32.8 Å². The Hall–Kier alpha value is -3.92. The van der Waals surface area contributed by atoms with Gasteiger partial charge in [0.2, 0.25) is 5.69 Å². The summed E-state index contributed by atoms with van der Waals surface area (Å²) in [5, 5.41) is 21.6. The lowest BCUT2D eigenvalue weighted by atomic mass is 10.0. The Kier molecular flexibility index (Phi) is 6.15. The quantitative estimate of drug-likeness (QED) is 0.396. The number of aromatic carboxylic acids is 1. The summed E-state index contributed by atoms with van der Waals surface area (Å²) in [7, 11) is -6.09. The molecule has 0 spiro atoms. The molecule has 33 heavy (non-hydrogen) atoms. The number of benzene rings is 2. The lowest BCUT2D eigenvalue weighted by Crippen LogP contribution is -2.28. The van der Waals surface area contributed by atoms with Gasteiger partial charge in [-0.15, -0.1) is 0 Å². The molecule has 0 fully saturated rings. The zero-order chi connectivity index (χ0) is 24.6. The zero-order valence-electron chi connectivity index (χ0n) is 17.0. The third-order valence-electron chi connectivity index (χ3n) is 4.49. The molecule has 13 heteroatoms. The van der Waals surface area contributed by atoms with E-state index in [1.54, 1.807) is 32.0 Å². The van der Waals surface area contributed by atoms with Gasteiger partial charge in [-0.2, -0.15) is 26.9 Å². The molecule has 0 aliphatic heterocycles. The van der Waals surface area contributed by atoms with Gasteiger partial charge in [0, 0.05) is 11.3 Å². The summed E-state index contributed by atoms with van der Waals surface area (Å²) >= 11 is 0. The largest absolute Gasteiger partial charge is 0.534 e. The molecule has 1 atom stereocenters. The first kappa shape index (κ1) is 23.7. The lowest BCUT2D eigenvalue weighted by Gasteiger charge is -2.19. The summed E-state index contributed by atoms with van der Waals surface area (Å²) in [5.41, 5.74) is -5.13. The van der Waals surface area contributed by atoms with Gasteiger partial charge in [-0.05, 0) is 37.6 Å². The molecule has 0 saturated carbocycles. The summed E-state index contributed by atoms with van der Waals surface area (Å²) in [5.74, 6) is -2.29. The second-order valence-electron chi connectivity index (χ2n) is 6.91. The SMILES string of the molecule is Cc1cc([C@@H](C)Nc2ccccc2C(=O)O)c2nc(OS(=O)(=O)C(F)(F)F)c(C#N)nc2c1. The van der Waals surface area contributed by atoms with E-state index in [-0.39, 0.29) is 22.3 Å². The number of rotatable bonds is 6. The van der Waals surface area contributed by atoms with Gasteiger partial charge in [0.05, 0.1) is 22.6 Å². The van der Waals surface area contributed by atoms with Crippen LogP contribution in [0.4, 0.5) is 18.9 Å². The minimum atomic E-state index is -6.09. The fourth-order valence-corrected chi connectivity index (χ4v) is 3.45. The summed E-state index contributed by atoms with van der Waals surface area (Å²) in [6.07, 6.45) is 0. The summed E-state index contributed by atoms with van der Waals surface area (Å²) < 4.78 is 65.3. The zero-order valence-corrected chi connectivity index (χ0v) is 17.8. The standard InChI is InChI=1S/C20H15F3N4O5S/c1-10-7-13(11(2)25-14-6-4-3-5-12(14)19(28)29)17-15(8-10)26-16(9-24)18(27-17)32-33(30,31)20(21,22)23/h3-8,11,25H,1-2H3,(H,28,29)/t11-/m1/s1. The fourth-order valence-electron chi connectivity index (χ4n) is 3.04. The van der Waals surface area contributed by atoms with Gasteiger partial charge < -0.3 is 14.6 Å². The van der Waals surface area contributed by atoms with Crippen molar-refractivity contribution in [3.63, 3.8) is 0 Å². The van der Waals surface area contributed by atoms with Crippen LogP contribution >= 0.6 is 0 Å². The van der Waals surface area contributed by atoms with Crippen molar-refractivity contribution < 1.29 is 35.7 Å². The molecule has 0 aliphatic rings. The van der Waals surface area contributed by atoms with Gasteiger partial charge >= 0.3 is 21.6 Å². The van der Waals surface area contributed by atoms with Gasteiger partial charge in [-0.1, -0.05) is 18.2 Å². The number of hydrogen-bond acceptors (Lipinski definition) is 8. The molecule has 0 unspecified atom stereocenters. The van der Waals surface area contributed by atoms with Crippen LogP contribution in [0, 0.1) is 18.3 Å². The molecule has 0 bridgehead atoms. The average Bonchev–Trinajstić information content (AvgIpc) is 2.72. The third kappa shape index (κ3) is 4.80. The number of carbonyl (C=O) groups is 1.